The molecule has 1 heterocycles. The number of phenols is 2. The van der Waals surface area contributed by atoms with Crippen LogP contribution in [0.25, 0.3) is 24.1 Å². The number of benzene rings is 2. The van der Waals surface area contributed by atoms with Crippen LogP contribution in [0, 0.1) is 0 Å². The number of carbonyl (C=O) groups excluding carboxylic acids is 1. The second-order valence-electron chi connectivity index (χ2n) is 5.41. The van der Waals surface area contributed by atoms with E-state index in [2.05, 4.69) is 13.2 Å². The first-order valence-corrected chi connectivity index (χ1v) is 7.30. The summed E-state index contributed by atoms with van der Waals surface area (Å²) in [6.45, 7) is 7.41. The number of furan rings is 1. The number of ketones is 1. The van der Waals surface area contributed by atoms with Crippen molar-refractivity contribution >= 4 is 29.9 Å². The lowest BCUT2D eigenvalue weighted by Gasteiger charge is -2.09. The summed E-state index contributed by atoms with van der Waals surface area (Å²) in [6, 6.07) is 4.70. The quantitative estimate of drug-likeness (QED) is 0.557. The molecule has 0 aliphatic carbocycles. The van der Waals surface area contributed by atoms with Gasteiger partial charge in [0.05, 0.1) is 25.2 Å². The summed E-state index contributed by atoms with van der Waals surface area (Å²) in [6.07, 6.45) is 1.22. The molecule has 6 heteroatoms. The SMILES string of the molecule is C=c1c(O)c(O)c2c(C(=O)c3ccc(OC)c(OC)c3)coc2c1=C. The van der Waals surface area contributed by atoms with E-state index in [9.17, 15) is 15.0 Å². The summed E-state index contributed by atoms with van der Waals surface area (Å²) in [5.41, 5.74) is 0.604. The average Bonchev–Trinajstić information content (AvgIpc) is 3.08. The van der Waals surface area contributed by atoms with Crippen LogP contribution in [0.5, 0.6) is 23.0 Å². The molecule has 25 heavy (non-hydrogen) atoms. The van der Waals surface area contributed by atoms with Gasteiger partial charge in [-0.1, -0.05) is 13.2 Å². The summed E-state index contributed by atoms with van der Waals surface area (Å²) >= 11 is 0. The van der Waals surface area contributed by atoms with Gasteiger partial charge in [0.1, 0.15) is 11.8 Å². The Labute approximate surface area is 142 Å². The number of rotatable bonds is 4. The molecule has 0 aliphatic rings. The van der Waals surface area contributed by atoms with Crippen LogP contribution in [0.1, 0.15) is 15.9 Å². The third-order valence-electron chi connectivity index (χ3n) is 4.07. The number of carbonyl (C=O) groups is 1. The van der Waals surface area contributed by atoms with Crippen molar-refractivity contribution in [1.82, 2.24) is 0 Å². The normalized spacial score (nSPS) is 10.8. The third-order valence-corrected chi connectivity index (χ3v) is 4.07. The van der Waals surface area contributed by atoms with Crippen LogP contribution in [-0.2, 0) is 0 Å². The zero-order chi connectivity index (χ0) is 18.3. The Balaban J connectivity index is 2.22. The minimum absolute atomic E-state index is 0.0923. The minimum atomic E-state index is -0.468. The molecule has 128 valence electrons. The van der Waals surface area contributed by atoms with Crippen molar-refractivity contribution in [3.63, 3.8) is 0 Å². The summed E-state index contributed by atoms with van der Waals surface area (Å²) in [5, 5.41) is 20.8. The number of ether oxygens (including phenoxy) is 2. The number of aromatic hydroxyl groups is 2. The molecule has 0 radical (unpaired) electrons. The second kappa shape index (κ2) is 5.90. The van der Waals surface area contributed by atoms with Crippen LogP contribution in [0.2, 0.25) is 0 Å². The van der Waals surface area contributed by atoms with Crippen LogP contribution >= 0.6 is 0 Å². The van der Waals surface area contributed by atoms with E-state index in [1.165, 1.54) is 26.5 Å². The lowest BCUT2D eigenvalue weighted by Crippen LogP contribution is -2.22. The molecule has 2 aromatic carbocycles. The highest BCUT2D eigenvalue weighted by atomic mass is 16.5. The zero-order valence-electron chi connectivity index (χ0n) is 13.8. The lowest BCUT2D eigenvalue weighted by atomic mass is 10.0. The van der Waals surface area contributed by atoms with E-state index < -0.39 is 17.3 Å². The molecular formula is C19H16O6. The smallest absolute Gasteiger partial charge is 0.197 e. The minimum Gasteiger partial charge on any atom is -0.504 e. The molecule has 0 amide bonds. The van der Waals surface area contributed by atoms with E-state index >= 15 is 0 Å². The molecule has 0 spiro atoms. The molecule has 0 bridgehead atoms. The Bertz CT molecular complexity index is 1090. The Morgan fingerprint density at radius 2 is 1.72 bits per heavy atom. The molecule has 3 rings (SSSR count). The largest absolute Gasteiger partial charge is 0.504 e. The van der Waals surface area contributed by atoms with Crippen molar-refractivity contribution in [2.75, 3.05) is 14.2 Å². The Morgan fingerprint density at radius 1 is 1.04 bits per heavy atom. The van der Waals surface area contributed by atoms with E-state index in [1.54, 1.807) is 12.1 Å². The van der Waals surface area contributed by atoms with Crippen LogP contribution in [0.3, 0.4) is 0 Å². The van der Waals surface area contributed by atoms with Crippen molar-refractivity contribution in [3.05, 3.63) is 46.0 Å². The van der Waals surface area contributed by atoms with Crippen molar-refractivity contribution in [1.29, 1.82) is 0 Å². The van der Waals surface area contributed by atoms with Gasteiger partial charge in [-0.15, -0.1) is 0 Å². The molecule has 6 nitrogen and oxygen atoms in total. The van der Waals surface area contributed by atoms with Crippen molar-refractivity contribution in [2.24, 2.45) is 0 Å². The maximum Gasteiger partial charge on any atom is 0.197 e. The van der Waals surface area contributed by atoms with Gasteiger partial charge in [-0.2, -0.15) is 0 Å². The van der Waals surface area contributed by atoms with Crippen molar-refractivity contribution in [2.45, 2.75) is 0 Å². The van der Waals surface area contributed by atoms with Crippen LogP contribution in [0.4, 0.5) is 0 Å². The lowest BCUT2D eigenvalue weighted by molar-refractivity contribution is 0.103. The van der Waals surface area contributed by atoms with Crippen LogP contribution in [-0.4, -0.2) is 30.2 Å². The first kappa shape index (κ1) is 16.4. The number of hydrogen-bond acceptors (Lipinski definition) is 6. The highest BCUT2D eigenvalue weighted by Crippen LogP contribution is 2.35. The predicted molar refractivity (Wildman–Crippen MR) is 92.8 cm³/mol. The van der Waals surface area contributed by atoms with E-state index in [0.717, 1.165) is 0 Å². The van der Waals surface area contributed by atoms with Crippen LogP contribution < -0.4 is 19.9 Å². The Morgan fingerprint density at radius 3 is 2.36 bits per heavy atom. The second-order valence-corrected chi connectivity index (χ2v) is 5.41. The molecule has 1 aromatic heterocycles. The van der Waals surface area contributed by atoms with E-state index in [1.807, 2.05) is 0 Å². The first-order valence-electron chi connectivity index (χ1n) is 7.30. The third kappa shape index (κ3) is 2.39. The topological polar surface area (TPSA) is 89.1 Å². The predicted octanol–water partition coefficient (Wildman–Crippen LogP) is 1.91. The standard InChI is InChI=1S/C19H16O6/c1-9-10(2)19-15(18(22)16(9)20)12(8-25-19)17(21)11-5-6-13(23-3)14(7-11)24-4/h5-8,20,22H,1-2H2,3-4H3. The molecule has 0 atom stereocenters. The van der Waals surface area contributed by atoms with Crippen molar-refractivity contribution < 1.29 is 28.9 Å². The van der Waals surface area contributed by atoms with E-state index in [-0.39, 0.29) is 21.8 Å². The Hall–Kier alpha value is -3.41. The first-order chi connectivity index (χ1) is 11.9. The summed E-state index contributed by atoms with van der Waals surface area (Å²) in [4.78, 5) is 12.9. The number of phenolic OH excluding ortho intramolecular Hbond substituents is 2. The molecule has 0 fully saturated rings. The fourth-order valence-corrected chi connectivity index (χ4v) is 2.66. The van der Waals surface area contributed by atoms with Gasteiger partial charge in [-0.25, -0.2) is 0 Å². The molecule has 0 unspecified atom stereocenters. The van der Waals surface area contributed by atoms with Gasteiger partial charge in [0.25, 0.3) is 0 Å². The van der Waals surface area contributed by atoms with Gasteiger partial charge in [0, 0.05) is 16.0 Å². The fourth-order valence-electron chi connectivity index (χ4n) is 2.66. The summed E-state index contributed by atoms with van der Waals surface area (Å²) in [7, 11) is 2.96. The van der Waals surface area contributed by atoms with E-state index in [0.29, 0.717) is 22.3 Å². The zero-order valence-corrected chi connectivity index (χ0v) is 13.8. The Kier molecular flexibility index (Phi) is 3.88. The molecule has 0 saturated heterocycles. The monoisotopic (exact) mass is 340 g/mol. The number of methoxy groups -OCH3 is 2. The average molecular weight is 340 g/mol. The van der Waals surface area contributed by atoms with E-state index in [4.69, 9.17) is 13.9 Å². The molecule has 0 aliphatic heterocycles. The molecule has 0 saturated carbocycles. The van der Waals surface area contributed by atoms with Gasteiger partial charge in [-0.05, 0) is 18.2 Å². The molecule has 2 N–H and O–H groups in total. The van der Waals surface area contributed by atoms with Gasteiger partial charge < -0.3 is 24.1 Å². The molecular weight excluding hydrogens is 324 g/mol. The van der Waals surface area contributed by atoms with Gasteiger partial charge in [0.15, 0.2) is 28.8 Å². The van der Waals surface area contributed by atoms with Gasteiger partial charge in [-0.3, -0.25) is 4.79 Å². The highest BCUT2D eigenvalue weighted by Gasteiger charge is 2.22. The number of fused-ring (bicyclic) bond motifs is 1. The molecule has 3 aromatic rings. The maximum atomic E-state index is 12.9. The number of hydrogen-bond donors (Lipinski definition) is 2. The van der Waals surface area contributed by atoms with Crippen LogP contribution in [0.15, 0.2) is 28.9 Å². The summed E-state index contributed by atoms with van der Waals surface area (Å²) < 4.78 is 15.7. The summed E-state index contributed by atoms with van der Waals surface area (Å²) in [5.74, 6) is -0.430. The fraction of sp³-hybridized carbons (Fsp3) is 0.105. The van der Waals surface area contributed by atoms with Gasteiger partial charge >= 0.3 is 0 Å². The van der Waals surface area contributed by atoms with Gasteiger partial charge in [0.2, 0.25) is 0 Å². The van der Waals surface area contributed by atoms with Crippen molar-refractivity contribution in [3.8, 4) is 23.0 Å². The maximum absolute atomic E-state index is 12.9. The highest BCUT2D eigenvalue weighted by molar-refractivity contribution is 6.17.